The lowest BCUT2D eigenvalue weighted by atomic mass is 9.91. The van der Waals surface area contributed by atoms with E-state index in [-0.39, 0.29) is 0 Å². The second-order valence-corrected chi connectivity index (χ2v) is 9.45. The Balaban J connectivity index is 1.51. The van der Waals surface area contributed by atoms with Crippen LogP contribution in [0.1, 0.15) is 38.5 Å². The Morgan fingerprint density at radius 2 is 0.750 bits per heavy atom. The molecule has 2 heterocycles. The zero-order valence-electron chi connectivity index (χ0n) is 18.9. The van der Waals surface area contributed by atoms with Gasteiger partial charge in [0.2, 0.25) is 0 Å². The molecule has 0 aliphatic carbocycles. The molecule has 0 radical (unpaired) electrons. The summed E-state index contributed by atoms with van der Waals surface area (Å²) in [6.45, 7) is 4.71. The lowest BCUT2D eigenvalue weighted by Gasteiger charge is -2.31. The molecule has 6 rings (SSSR count). The van der Waals surface area contributed by atoms with Gasteiger partial charge in [0.15, 0.2) is 0 Å². The predicted octanol–water partition coefficient (Wildman–Crippen LogP) is 7.64. The van der Waals surface area contributed by atoms with E-state index >= 15 is 0 Å². The fourth-order valence-electron chi connectivity index (χ4n) is 5.86. The van der Waals surface area contributed by atoms with Gasteiger partial charge in [-0.25, -0.2) is 0 Å². The van der Waals surface area contributed by atoms with Crippen molar-refractivity contribution in [2.75, 3.05) is 36.0 Å². The zero-order chi connectivity index (χ0) is 21.3. The summed E-state index contributed by atoms with van der Waals surface area (Å²) in [4.78, 5) is 5.18. The average molecular weight is 421 g/mol. The first-order chi connectivity index (χ1) is 15.9. The van der Waals surface area contributed by atoms with Crippen molar-refractivity contribution in [3.63, 3.8) is 0 Å². The molecule has 2 nitrogen and oxygen atoms in total. The van der Waals surface area contributed by atoms with Crippen molar-refractivity contribution in [2.24, 2.45) is 0 Å². The Morgan fingerprint density at radius 3 is 1.16 bits per heavy atom. The molecule has 0 atom stereocenters. The standard InChI is InChI=1S/C30H32N2/c1-7-19-31(20-8-1)29-17-15-25(23-11-3-5-13-27(23)29)26-16-18-30(32-21-9-2-10-22-32)28-14-6-4-12-24(26)28/h3-6,11-18H,1-2,7-10,19-22H2. The molecule has 0 unspecified atom stereocenters. The number of anilines is 2. The Kier molecular flexibility index (Phi) is 5.23. The highest BCUT2D eigenvalue weighted by atomic mass is 15.1. The van der Waals surface area contributed by atoms with E-state index in [2.05, 4.69) is 82.6 Å². The molecule has 2 saturated heterocycles. The van der Waals surface area contributed by atoms with Crippen molar-refractivity contribution in [3.05, 3.63) is 72.8 Å². The number of benzene rings is 4. The second-order valence-electron chi connectivity index (χ2n) is 9.45. The van der Waals surface area contributed by atoms with Crippen molar-refractivity contribution in [3.8, 4) is 11.1 Å². The van der Waals surface area contributed by atoms with Crippen molar-refractivity contribution >= 4 is 32.9 Å². The molecule has 0 aromatic heterocycles. The van der Waals surface area contributed by atoms with Gasteiger partial charge in [-0.15, -0.1) is 0 Å². The third-order valence-electron chi connectivity index (χ3n) is 7.49. The third kappa shape index (κ3) is 3.43. The van der Waals surface area contributed by atoms with Crippen LogP contribution in [0.15, 0.2) is 72.8 Å². The largest absolute Gasteiger partial charge is 0.371 e. The summed E-state index contributed by atoms with van der Waals surface area (Å²) in [6, 6.07) is 27.5. The highest BCUT2D eigenvalue weighted by Crippen LogP contribution is 2.41. The molecular formula is C30H32N2. The van der Waals surface area contributed by atoms with Gasteiger partial charge in [0.1, 0.15) is 0 Å². The van der Waals surface area contributed by atoms with Gasteiger partial charge in [0.05, 0.1) is 0 Å². The number of hydrogen-bond donors (Lipinski definition) is 0. The summed E-state index contributed by atoms with van der Waals surface area (Å²) in [5.41, 5.74) is 5.50. The maximum atomic E-state index is 2.59. The first kappa shape index (κ1) is 19.7. The maximum Gasteiger partial charge on any atom is 0.0446 e. The van der Waals surface area contributed by atoms with Crippen LogP contribution in [-0.2, 0) is 0 Å². The van der Waals surface area contributed by atoms with Crippen LogP contribution in [-0.4, -0.2) is 26.2 Å². The summed E-state index contributed by atoms with van der Waals surface area (Å²) in [7, 11) is 0. The van der Waals surface area contributed by atoms with Crippen molar-refractivity contribution < 1.29 is 0 Å². The van der Waals surface area contributed by atoms with Crippen molar-refractivity contribution in [1.82, 2.24) is 0 Å². The monoisotopic (exact) mass is 420 g/mol. The zero-order valence-corrected chi connectivity index (χ0v) is 18.9. The highest BCUT2D eigenvalue weighted by Gasteiger charge is 2.18. The molecule has 0 saturated carbocycles. The van der Waals surface area contributed by atoms with Crippen LogP contribution in [0, 0.1) is 0 Å². The van der Waals surface area contributed by atoms with E-state index < -0.39 is 0 Å². The van der Waals surface area contributed by atoms with Gasteiger partial charge in [-0.3, -0.25) is 0 Å². The van der Waals surface area contributed by atoms with Crippen molar-refractivity contribution in [1.29, 1.82) is 0 Å². The predicted molar refractivity (Wildman–Crippen MR) is 139 cm³/mol. The number of fused-ring (bicyclic) bond motifs is 2. The Morgan fingerprint density at radius 1 is 0.375 bits per heavy atom. The van der Waals surface area contributed by atoms with Crippen LogP contribution in [0.25, 0.3) is 32.7 Å². The van der Waals surface area contributed by atoms with Crippen molar-refractivity contribution in [2.45, 2.75) is 38.5 Å². The van der Waals surface area contributed by atoms with E-state index in [1.807, 2.05) is 0 Å². The molecule has 2 fully saturated rings. The van der Waals surface area contributed by atoms with Gasteiger partial charge in [0.25, 0.3) is 0 Å². The summed E-state index contributed by atoms with van der Waals surface area (Å²) < 4.78 is 0. The van der Waals surface area contributed by atoms with E-state index in [1.165, 1.54) is 109 Å². The molecule has 2 heteroatoms. The van der Waals surface area contributed by atoms with E-state index in [0.29, 0.717) is 0 Å². The minimum absolute atomic E-state index is 1.18. The molecule has 2 aliphatic heterocycles. The van der Waals surface area contributed by atoms with E-state index in [9.17, 15) is 0 Å². The quantitative estimate of drug-likeness (QED) is 0.336. The summed E-state index contributed by atoms with van der Waals surface area (Å²) in [5, 5.41) is 5.50. The molecular weight excluding hydrogens is 388 g/mol. The minimum Gasteiger partial charge on any atom is -0.371 e. The van der Waals surface area contributed by atoms with Gasteiger partial charge >= 0.3 is 0 Å². The molecule has 4 aromatic rings. The summed E-state index contributed by atoms with van der Waals surface area (Å²) in [5.74, 6) is 0. The fraction of sp³-hybridized carbons (Fsp3) is 0.333. The molecule has 2 aliphatic rings. The lowest BCUT2D eigenvalue weighted by Crippen LogP contribution is -2.29. The van der Waals surface area contributed by atoms with Crippen LogP contribution < -0.4 is 9.80 Å². The number of nitrogens with zero attached hydrogens (tertiary/aromatic N) is 2. The van der Waals surface area contributed by atoms with Gasteiger partial charge in [-0.2, -0.15) is 0 Å². The number of piperidine rings is 2. The van der Waals surface area contributed by atoms with E-state index in [0.717, 1.165) is 0 Å². The molecule has 32 heavy (non-hydrogen) atoms. The van der Waals surface area contributed by atoms with Gasteiger partial charge in [-0.05, 0) is 72.6 Å². The Bertz CT molecular complexity index is 1150. The normalized spacial score (nSPS) is 17.2. The maximum absolute atomic E-state index is 2.59. The smallest absolute Gasteiger partial charge is 0.0446 e. The highest BCUT2D eigenvalue weighted by molar-refractivity contribution is 6.11. The van der Waals surface area contributed by atoms with Crippen LogP contribution in [0.2, 0.25) is 0 Å². The Labute approximate surface area is 191 Å². The van der Waals surface area contributed by atoms with E-state index in [1.54, 1.807) is 0 Å². The molecule has 162 valence electrons. The minimum atomic E-state index is 1.18. The second kappa shape index (κ2) is 8.50. The molecule has 0 spiro atoms. The molecule has 0 bridgehead atoms. The average Bonchev–Trinajstić information content (AvgIpc) is 2.88. The molecule has 4 aromatic carbocycles. The number of hydrogen-bond acceptors (Lipinski definition) is 2. The van der Waals surface area contributed by atoms with Crippen LogP contribution >= 0.6 is 0 Å². The summed E-state index contributed by atoms with van der Waals surface area (Å²) in [6.07, 6.45) is 7.94. The van der Waals surface area contributed by atoms with Gasteiger partial charge in [-0.1, -0.05) is 60.7 Å². The summed E-state index contributed by atoms with van der Waals surface area (Å²) >= 11 is 0. The number of rotatable bonds is 3. The van der Waals surface area contributed by atoms with E-state index in [4.69, 9.17) is 0 Å². The first-order valence-corrected chi connectivity index (χ1v) is 12.4. The molecule has 0 amide bonds. The third-order valence-corrected chi connectivity index (χ3v) is 7.49. The first-order valence-electron chi connectivity index (χ1n) is 12.4. The molecule has 0 N–H and O–H groups in total. The van der Waals surface area contributed by atoms with Gasteiger partial charge in [0, 0.05) is 48.3 Å². The van der Waals surface area contributed by atoms with Crippen LogP contribution in [0.3, 0.4) is 0 Å². The van der Waals surface area contributed by atoms with Gasteiger partial charge < -0.3 is 9.80 Å². The Hall–Kier alpha value is -3.00. The van der Waals surface area contributed by atoms with Crippen LogP contribution in [0.4, 0.5) is 11.4 Å². The topological polar surface area (TPSA) is 6.48 Å². The lowest BCUT2D eigenvalue weighted by molar-refractivity contribution is 0.579. The SMILES string of the molecule is c1ccc2c(N3CCCCC3)ccc(-c3ccc(N4CCCCC4)c4ccccc34)c2c1. The fourth-order valence-corrected chi connectivity index (χ4v) is 5.86. The van der Waals surface area contributed by atoms with Crippen LogP contribution in [0.5, 0.6) is 0 Å².